The van der Waals surface area contributed by atoms with Gasteiger partial charge < -0.3 is 14.4 Å². The summed E-state index contributed by atoms with van der Waals surface area (Å²) in [5.74, 6) is 0.638. The molecule has 6 heteroatoms. The molecule has 1 saturated heterocycles. The zero-order chi connectivity index (χ0) is 22.6. The fourth-order valence-electron chi connectivity index (χ4n) is 3.58. The molecule has 0 spiro atoms. The average molecular weight is 444 g/mol. The number of nitrogens with zero attached hydrogens (tertiary/aromatic N) is 1. The summed E-state index contributed by atoms with van der Waals surface area (Å²) in [4.78, 5) is 26.9. The second kappa shape index (κ2) is 9.73. The van der Waals surface area contributed by atoms with E-state index < -0.39 is 5.60 Å². The average Bonchev–Trinajstić information content (AvgIpc) is 2.72. The molecule has 0 aliphatic carbocycles. The summed E-state index contributed by atoms with van der Waals surface area (Å²) in [6, 6.07) is 13.2. The summed E-state index contributed by atoms with van der Waals surface area (Å²) in [7, 11) is 0. The van der Waals surface area contributed by atoms with Gasteiger partial charge in [-0.1, -0.05) is 35.9 Å². The summed E-state index contributed by atoms with van der Waals surface area (Å²) < 4.78 is 11.3. The number of rotatable bonds is 5. The molecule has 1 fully saturated rings. The maximum Gasteiger partial charge on any atom is 0.410 e. The Morgan fingerprint density at radius 1 is 1.10 bits per heavy atom. The van der Waals surface area contributed by atoms with E-state index in [-0.39, 0.29) is 17.8 Å². The number of Topliss-reactive ketones (excluding diaryl/α,β-unsaturated/α-hetero) is 1. The predicted octanol–water partition coefficient (Wildman–Crippen LogP) is 6.06. The number of carbonyl (C=O) groups excluding carboxylic acids is 2. The minimum atomic E-state index is -0.519. The number of ketones is 1. The Hall–Kier alpha value is -2.53. The summed E-state index contributed by atoms with van der Waals surface area (Å²) in [5.41, 5.74) is 2.14. The molecule has 5 nitrogen and oxygen atoms in total. The summed E-state index contributed by atoms with van der Waals surface area (Å²) in [5, 5.41) is 0.573. The topological polar surface area (TPSA) is 55.8 Å². The Morgan fingerprint density at radius 3 is 2.45 bits per heavy atom. The van der Waals surface area contributed by atoms with Gasteiger partial charge in [-0.25, -0.2) is 4.79 Å². The smallest absolute Gasteiger partial charge is 0.410 e. The molecule has 0 unspecified atom stereocenters. The molecular weight excluding hydrogens is 414 g/mol. The molecule has 3 rings (SSSR count). The molecule has 0 atom stereocenters. The van der Waals surface area contributed by atoms with Crippen LogP contribution in [0.4, 0.5) is 4.79 Å². The van der Waals surface area contributed by atoms with Crippen molar-refractivity contribution in [2.24, 2.45) is 5.92 Å². The molecule has 2 aromatic carbocycles. The lowest BCUT2D eigenvalue weighted by Crippen LogP contribution is -2.43. The molecule has 0 aromatic heterocycles. The van der Waals surface area contributed by atoms with E-state index in [0.717, 1.165) is 11.1 Å². The Bertz CT molecular complexity index is 943. The number of hydrogen-bond acceptors (Lipinski definition) is 4. The van der Waals surface area contributed by atoms with Gasteiger partial charge >= 0.3 is 6.09 Å². The van der Waals surface area contributed by atoms with E-state index in [2.05, 4.69) is 0 Å². The van der Waals surface area contributed by atoms with Crippen molar-refractivity contribution in [3.63, 3.8) is 0 Å². The van der Waals surface area contributed by atoms with Gasteiger partial charge in [0.15, 0.2) is 5.78 Å². The largest absolute Gasteiger partial charge is 0.487 e. The molecule has 1 aliphatic rings. The van der Waals surface area contributed by atoms with Crippen LogP contribution in [0.25, 0.3) is 0 Å². The third-order valence-electron chi connectivity index (χ3n) is 5.21. The number of piperidine rings is 1. The molecule has 1 heterocycles. The van der Waals surface area contributed by atoms with E-state index in [4.69, 9.17) is 21.1 Å². The van der Waals surface area contributed by atoms with Crippen LogP contribution in [0.5, 0.6) is 5.75 Å². The van der Waals surface area contributed by atoms with Crippen LogP contribution in [-0.4, -0.2) is 35.5 Å². The number of halogens is 1. The van der Waals surface area contributed by atoms with Gasteiger partial charge in [-0.05, 0) is 69.9 Å². The third-order valence-corrected chi connectivity index (χ3v) is 5.51. The Balaban J connectivity index is 1.57. The quantitative estimate of drug-likeness (QED) is 0.527. The first-order chi connectivity index (χ1) is 14.6. The standard InChI is InChI=1S/C25H30ClNO4/c1-17-8-9-22(21(26)14-17)30-16-18-6-5-7-20(15-18)23(28)19-10-12-27(13-11-19)24(29)31-25(2,3)4/h5-9,14-15,19H,10-13,16H2,1-4H3. The van der Waals surface area contributed by atoms with Gasteiger partial charge in [0.1, 0.15) is 18.0 Å². The number of likely N-dealkylation sites (tertiary alicyclic amines) is 1. The number of ether oxygens (including phenoxy) is 2. The van der Waals surface area contributed by atoms with E-state index in [1.807, 2.05) is 70.2 Å². The van der Waals surface area contributed by atoms with Crippen LogP contribution in [0.3, 0.4) is 0 Å². The van der Waals surface area contributed by atoms with Crippen molar-refractivity contribution >= 4 is 23.5 Å². The highest BCUT2D eigenvalue weighted by Crippen LogP contribution is 2.27. The summed E-state index contributed by atoms with van der Waals surface area (Å²) in [6.07, 6.45) is 0.961. The molecule has 2 aromatic rings. The van der Waals surface area contributed by atoms with E-state index in [0.29, 0.717) is 48.9 Å². The van der Waals surface area contributed by atoms with Gasteiger partial charge in [0, 0.05) is 24.6 Å². The van der Waals surface area contributed by atoms with Crippen LogP contribution in [0, 0.1) is 12.8 Å². The van der Waals surface area contributed by atoms with Crippen molar-refractivity contribution in [3.8, 4) is 5.75 Å². The highest BCUT2D eigenvalue weighted by atomic mass is 35.5. The molecule has 31 heavy (non-hydrogen) atoms. The first kappa shape index (κ1) is 23.1. The van der Waals surface area contributed by atoms with Gasteiger partial charge in [0.05, 0.1) is 5.02 Å². The van der Waals surface area contributed by atoms with E-state index in [1.54, 1.807) is 4.90 Å². The Kier molecular flexibility index (Phi) is 7.26. The van der Waals surface area contributed by atoms with Crippen LogP contribution < -0.4 is 4.74 Å². The van der Waals surface area contributed by atoms with Crippen LogP contribution in [-0.2, 0) is 11.3 Å². The second-order valence-electron chi connectivity index (χ2n) is 9.03. The molecular formula is C25H30ClNO4. The summed E-state index contributed by atoms with van der Waals surface area (Å²) in [6.45, 7) is 8.92. The van der Waals surface area contributed by atoms with Crippen molar-refractivity contribution < 1.29 is 19.1 Å². The first-order valence-electron chi connectivity index (χ1n) is 10.6. The van der Waals surface area contributed by atoms with Crippen LogP contribution >= 0.6 is 11.6 Å². The van der Waals surface area contributed by atoms with Crippen molar-refractivity contribution in [1.29, 1.82) is 0 Å². The number of hydrogen-bond donors (Lipinski definition) is 0. The van der Waals surface area contributed by atoms with E-state index in [9.17, 15) is 9.59 Å². The molecule has 1 aliphatic heterocycles. The van der Waals surface area contributed by atoms with Crippen LogP contribution in [0.2, 0.25) is 5.02 Å². The lowest BCUT2D eigenvalue weighted by Gasteiger charge is -2.33. The zero-order valence-electron chi connectivity index (χ0n) is 18.6. The maximum absolute atomic E-state index is 13.0. The van der Waals surface area contributed by atoms with Gasteiger partial charge in [0.2, 0.25) is 0 Å². The van der Waals surface area contributed by atoms with Crippen molar-refractivity contribution in [3.05, 3.63) is 64.2 Å². The molecule has 1 amide bonds. The monoisotopic (exact) mass is 443 g/mol. The fraction of sp³-hybridized carbons (Fsp3) is 0.440. The highest BCUT2D eigenvalue weighted by molar-refractivity contribution is 6.32. The first-order valence-corrected chi connectivity index (χ1v) is 11.0. The number of benzene rings is 2. The third kappa shape index (κ3) is 6.47. The highest BCUT2D eigenvalue weighted by Gasteiger charge is 2.30. The fourth-order valence-corrected chi connectivity index (χ4v) is 3.87. The SMILES string of the molecule is Cc1ccc(OCc2cccc(C(=O)C3CCN(C(=O)OC(C)(C)C)CC3)c2)c(Cl)c1. The molecule has 0 bridgehead atoms. The predicted molar refractivity (Wildman–Crippen MR) is 122 cm³/mol. The van der Waals surface area contributed by atoms with E-state index in [1.165, 1.54) is 0 Å². The van der Waals surface area contributed by atoms with Gasteiger partial charge in [-0.2, -0.15) is 0 Å². The van der Waals surface area contributed by atoms with Crippen molar-refractivity contribution in [2.45, 2.75) is 52.7 Å². The minimum Gasteiger partial charge on any atom is -0.487 e. The van der Waals surface area contributed by atoms with Crippen molar-refractivity contribution in [2.75, 3.05) is 13.1 Å². The van der Waals surface area contributed by atoms with Crippen LogP contribution in [0.15, 0.2) is 42.5 Å². The molecule has 0 radical (unpaired) electrons. The number of aryl methyl sites for hydroxylation is 1. The summed E-state index contributed by atoms with van der Waals surface area (Å²) >= 11 is 6.23. The van der Waals surface area contributed by atoms with Crippen LogP contribution in [0.1, 0.15) is 55.1 Å². The van der Waals surface area contributed by atoms with Gasteiger partial charge in [-0.15, -0.1) is 0 Å². The van der Waals surface area contributed by atoms with Crippen molar-refractivity contribution in [1.82, 2.24) is 4.90 Å². The zero-order valence-corrected chi connectivity index (χ0v) is 19.4. The minimum absolute atomic E-state index is 0.0959. The molecule has 166 valence electrons. The van der Waals surface area contributed by atoms with Gasteiger partial charge in [-0.3, -0.25) is 4.79 Å². The Labute approximate surface area is 189 Å². The number of carbonyl (C=O) groups is 2. The lowest BCUT2D eigenvalue weighted by atomic mass is 9.88. The molecule has 0 saturated carbocycles. The Morgan fingerprint density at radius 2 is 1.81 bits per heavy atom. The second-order valence-corrected chi connectivity index (χ2v) is 9.44. The molecule has 0 N–H and O–H groups in total. The maximum atomic E-state index is 13.0. The number of amides is 1. The normalized spacial score (nSPS) is 14.9. The lowest BCUT2D eigenvalue weighted by molar-refractivity contribution is 0.0182. The van der Waals surface area contributed by atoms with E-state index >= 15 is 0 Å². The van der Waals surface area contributed by atoms with Gasteiger partial charge in [0.25, 0.3) is 0 Å².